The molecule has 0 amide bonds. The van der Waals surface area contributed by atoms with Crippen molar-refractivity contribution in [3.63, 3.8) is 0 Å². The van der Waals surface area contributed by atoms with Crippen LogP contribution in [0.2, 0.25) is 0 Å². The molecule has 10 heavy (non-hydrogen) atoms. The third-order valence-corrected chi connectivity index (χ3v) is 3.25. The van der Waals surface area contributed by atoms with Gasteiger partial charge in [0.05, 0.1) is 12.5 Å². The Bertz CT molecular complexity index is 223. The van der Waals surface area contributed by atoms with Gasteiger partial charge in [0.25, 0.3) is 0 Å². The van der Waals surface area contributed by atoms with E-state index in [0.717, 1.165) is 0 Å². The zero-order chi connectivity index (χ0) is 7.61. The highest BCUT2D eigenvalue weighted by Crippen LogP contribution is 2.49. The maximum Gasteiger partial charge on any atom is 0.201 e. The van der Waals surface area contributed by atoms with Crippen molar-refractivity contribution >= 4 is 7.37 Å². The Morgan fingerprint density at radius 1 is 1.70 bits per heavy atom. The van der Waals surface area contributed by atoms with Gasteiger partial charge >= 0.3 is 0 Å². The molecule has 0 N–H and O–H groups in total. The molecule has 1 heterocycles. The molecule has 1 fully saturated rings. The first-order valence-corrected chi connectivity index (χ1v) is 5.53. The van der Waals surface area contributed by atoms with E-state index in [1.165, 1.54) is 0 Å². The lowest BCUT2D eigenvalue weighted by Gasteiger charge is -1.98. The quantitative estimate of drug-likeness (QED) is 0.395. The highest BCUT2D eigenvalue weighted by Gasteiger charge is 2.29. The van der Waals surface area contributed by atoms with E-state index in [-0.39, 0.29) is 5.92 Å². The van der Waals surface area contributed by atoms with Gasteiger partial charge in [-0.1, -0.05) is 5.92 Å². The first kappa shape index (κ1) is 7.85. The molecule has 0 bridgehead atoms. The lowest BCUT2D eigenvalue weighted by molar-refractivity contribution is 0.335. The van der Waals surface area contributed by atoms with Crippen LogP contribution in [0.5, 0.6) is 0 Å². The summed E-state index contributed by atoms with van der Waals surface area (Å²) in [6.07, 6.45) is 0.633. The van der Waals surface area contributed by atoms with E-state index in [9.17, 15) is 4.57 Å². The van der Waals surface area contributed by atoms with Crippen molar-refractivity contribution in [2.24, 2.45) is 5.92 Å². The Kier molecular flexibility index (Phi) is 2.18. The van der Waals surface area contributed by atoms with Crippen LogP contribution in [0.1, 0.15) is 6.92 Å². The van der Waals surface area contributed by atoms with Crippen molar-refractivity contribution in [2.45, 2.75) is 6.92 Å². The second kappa shape index (κ2) is 2.78. The SMILES string of the molecule is CC#CC1COP(C)(=O)C1. The van der Waals surface area contributed by atoms with Crippen molar-refractivity contribution in [2.75, 3.05) is 19.4 Å². The predicted octanol–water partition coefficient (Wildman–Crippen LogP) is 1.56. The van der Waals surface area contributed by atoms with Gasteiger partial charge in [-0.2, -0.15) is 0 Å². The standard InChI is InChI=1S/C7H11O2P/c1-3-4-7-5-9-10(2,8)6-7/h7H,5-6H2,1-2H3. The molecule has 0 aromatic heterocycles. The summed E-state index contributed by atoms with van der Waals surface area (Å²) in [5.74, 6) is 5.96. The van der Waals surface area contributed by atoms with Crippen molar-refractivity contribution < 1.29 is 9.09 Å². The van der Waals surface area contributed by atoms with E-state index in [4.69, 9.17) is 4.52 Å². The number of hydrogen-bond donors (Lipinski definition) is 0. The van der Waals surface area contributed by atoms with E-state index in [0.29, 0.717) is 12.8 Å². The summed E-state index contributed by atoms with van der Waals surface area (Å²) in [6.45, 7) is 4.01. The van der Waals surface area contributed by atoms with E-state index < -0.39 is 7.37 Å². The Morgan fingerprint density at radius 2 is 2.40 bits per heavy atom. The summed E-state index contributed by atoms with van der Waals surface area (Å²) in [5.41, 5.74) is 0. The normalized spacial score (nSPS) is 38.8. The molecule has 1 rings (SSSR count). The predicted molar refractivity (Wildman–Crippen MR) is 41.3 cm³/mol. The van der Waals surface area contributed by atoms with Gasteiger partial charge in [-0.05, 0) is 6.92 Å². The van der Waals surface area contributed by atoms with Crippen LogP contribution in [-0.4, -0.2) is 19.4 Å². The lowest BCUT2D eigenvalue weighted by Crippen LogP contribution is -1.97. The molecular weight excluding hydrogens is 147 g/mol. The third-order valence-electron chi connectivity index (χ3n) is 1.45. The molecule has 0 aromatic rings. The van der Waals surface area contributed by atoms with Crippen molar-refractivity contribution in [3.05, 3.63) is 0 Å². The first-order valence-electron chi connectivity index (χ1n) is 3.27. The minimum Gasteiger partial charge on any atom is -0.327 e. The molecule has 0 spiro atoms. The second-order valence-electron chi connectivity index (χ2n) is 2.58. The molecular formula is C7H11O2P. The Hall–Kier alpha value is -0.250. The van der Waals surface area contributed by atoms with Crippen LogP contribution in [-0.2, 0) is 9.09 Å². The Balaban J connectivity index is 2.57. The third kappa shape index (κ3) is 1.87. The minimum absolute atomic E-state index is 0.209. The summed E-state index contributed by atoms with van der Waals surface area (Å²) in [7, 11) is -2.23. The average Bonchev–Trinajstić information content (AvgIpc) is 2.12. The summed E-state index contributed by atoms with van der Waals surface area (Å²) in [6, 6.07) is 0. The average molecular weight is 158 g/mol. The lowest BCUT2D eigenvalue weighted by atomic mass is 10.2. The molecule has 0 radical (unpaired) electrons. The van der Waals surface area contributed by atoms with Crippen LogP contribution in [0.15, 0.2) is 0 Å². The Labute approximate surface area is 61.4 Å². The molecule has 0 saturated carbocycles. The zero-order valence-electron chi connectivity index (χ0n) is 6.26. The van der Waals surface area contributed by atoms with Gasteiger partial charge in [-0.3, -0.25) is 4.57 Å². The summed E-state index contributed by atoms with van der Waals surface area (Å²) >= 11 is 0. The first-order chi connectivity index (χ1) is 4.64. The fourth-order valence-corrected chi connectivity index (χ4v) is 2.64. The maximum absolute atomic E-state index is 11.2. The van der Waals surface area contributed by atoms with Gasteiger partial charge in [0, 0.05) is 12.8 Å². The fourth-order valence-electron chi connectivity index (χ4n) is 1.04. The molecule has 1 aliphatic heterocycles. The fraction of sp³-hybridized carbons (Fsp3) is 0.714. The molecule has 56 valence electrons. The van der Waals surface area contributed by atoms with Crippen LogP contribution in [0.3, 0.4) is 0 Å². The van der Waals surface area contributed by atoms with Gasteiger partial charge in [-0.15, -0.1) is 5.92 Å². The highest BCUT2D eigenvalue weighted by atomic mass is 31.2. The van der Waals surface area contributed by atoms with E-state index in [1.54, 1.807) is 13.6 Å². The van der Waals surface area contributed by atoms with Crippen molar-refractivity contribution in [3.8, 4) is 11.8 Å². The molecule has 3 heteroatoms. The van der Waals surface area contributed by atoms with Gasteiger partial charge in [0.2, 0.25) is 7.37 Å². The van der Waals surface area contributed by atoms with E-state index >= 15 is 0 Å². The van der Waals surface area contributed by atoms with Crippen molar-refractivity contribution in [1.82, 2.24) is 0 Å². The second-order valence-corrected chi connectivity index (χ2v) is 5.24. The zero-order valence-corrected chi connectivity index (χ0v) is 7.15. The smallest absolute Gasteiger partial charge is 0.201 e. The molecule has 1 saturated heterocycles. The van der Waals surface area contributed by atoms with Crippen molar-refractivity contribution in [1.29, 1.82) is 0 Å². The molecule has 2 unspecified atom stereocenters. The number of hydrogen-bond acceptors (Lipinski definition) is 2. The summed E-state index contributed by atoms with van der Waals surface area (Å²) in [5, 5.41) is 0. The van der Waals surface area contributed by atoms with Gasteiger partial charge < -0.3 is 4.52 Å². The van der Waals surface area contributed by atoms with Crippen LogP contribution in [0, 0.1) is 17.8 Å². The van der Waals surface area contributed by atoms with E-state index in [2.05, 4.69) is 11.8 Å². The maximum atomic E-state index is 11.2. The molecule has 0 aliphatic carbocycles. The van der Waals surface area contributed by atoms with Crippen LogP contribution >= 0.6 is 7.37 Å². The van der Waals surface area contributed by atoms with Crippen LogP contribution in [0.4, 0.5) is 0 Å². The Morgan fingerprint density at radius 3 is 2.80 bits per heavy atom. The monoisotopic (exact) mass is 158 g/mol. The molecule has 2 nitrogen and oxygen atoms in total. The molecule has 1 aliphatic rings. The summed E-state index contributed by atoms with van der Waals surface area (Å²) < 4.78 is 16.3. The van der Waals surface area contributed by atoms with Gasteiger partial charge in [-0.25, -0.2) is 0 Å². The van der Waals surface area contributed by atoms with E-state index in [1.807, 2.05) is 0 Å². The molecule has 2 atom stereocenters. The van der Waals surface area contributed by atoms with Crippen LogP contribution < -0.4 is 0 Å². The number of rotatable bonds is 0. The van der Waals surface area contributed by atoms with Gasteiger partial charge in [0.1, 0.15) is 0 Å². The highest BCUT2D eigenvalue weighted by molar-refractivity contribution is 7.58. The van der Waals surface area contributed by atoms with Crippen LogP contribution in [0.25, 0.3) is 0 Å². The molecule has 0 aromatic carbocycles. The topological polar surface area (TPSA) is 26.3 Å². The summed E-state index contributed by atoms with van der Waals surface area (Å²) in [4.78, 5) is 0. The minimum atomic E-state index is -2.23. The van der Waals surface area contributed by atoms with Gasteiger partial charge in [0.15, 0.2) is 0 Å². The largest absolute Gasteiger partial charge is 0.327 e.